The summed E-state index contributed by atoms with van der Waals surface area (Å²) in [5.74, 6) is 1.02. The highest BCUT2D eigenvalue weighted by atomic mass is 35.5. The molecular weight excluding hydrogens is 226 g/mol. The van der Waals surface area contributed by atoms with Crippen molar-refractivity contribution in [3.8, 4) is 5.75 Å². The molecule has 0 aliphatic carbocycles. The lowest BCUT2D eigenvalue weighted by Crippen LogP contribution is -2.40. The van der Waals surface area contributed by atoms with Crippen LogP contribution in [-0.2, 0) is 4.79 Å². The van der Waals surface area contributed by atoms with Gasteiger partial charge in [-0.1, -0.05) is 18.7 Å². The molecule has 0 fully saturated rings. The molecule has 0 spiro atoms. The zero-order valence-corrected chi connectivity index (χ0v) is 9.54. The maximum absolute atomic E-state index is 11.7. The summed E-state index contributed by atoms with van der Waals surface area (Å²) in [7, 11) is 0. The van der Waals surface area contributed by atoms with Crippen molar-refractivity contribution in [1.29, 1.82) is 0 Å². The van der Waals surface area contributed by atoms with Gasteiger partial charge >= 0.3 is 0 Å². The number of nitrogens with zero attached hydrogens (tertiary/aromatic N) is 1. The Kier molecular flexibility index (Phi) is 3.15. The molecule has 0 saturated heterocycles. The van der Waals surface area contributed by atoms with Crippen LogP contribution in [0.3, 0.4) is 0 Å². The Balaban J connectivity index is 2.29. The van der Waals surface area contributed by atoms with Crippen LogP contribution >= 0.6 is 11.6 Å². The van der Waals surface area contributed by atoms with E-state index < -0.39 is 0 Å². The molecule has 84 valence electrons. The number of benzene rings is 1. The zero-order valence-electron chi connectivity index (χ0n) is 8.78. The molecule has 1 aliphatic heterocycles. The summed E-state index contributed by atoms with van der Waals surface area (Å²) < 4.78 is 5.33. The number of anilines is 1. The maximum atomic E-state index is 11.7. The minimum absolute atomic E-state index is 0.0648. The van der Waals surface area contributed by atoms with Crippen LogP contribution in [0.15, 0.2) is 36.4 Å². The number of halogens is 1. The standard InChI is InChI=1S/C12H12ClNO2/c1-9(6-13)7-14-10-4-2-3-5-11(10)16-8-12(14)15/h2-5H,1,6-8H2. The van der Waals surface area contributed by atoms with E-state index in [1.54, 1.807) is 4.90 Å². The summed E-state index contributed by atoms with van der Waals surface area (Å²) in [6.45, 7) is 4.33. The van der Waals surface area contributed by atoms with Crippen molar-refractivity contribution in [2.75, 3.05) is 23.9 Å². The molecule has 0 saturated carbocycles. The van der Waals surface area contributed by atoms with Crippen LogP contribution in [0.5, 0.6) is 5.75 Å². The normalized spacial score (nSPS) is 14.3. The SMILES string of the molecule is C=C(CCl)CN1C(=O)COc2ccccc21. The Morgan fingerprint density at radius 3 is 3.00 bits per heavy atom. The van der Waals surface area contributed by atoms with Gasteiger partial charge in [0.05, 0.1) is 5.69 Å². The quantitative estimate of drug-likeness (QED) is 0.596. The first kappa shape index (κ1) is 11.0. The molecule has 3 nitrogen and oxygen atoms in total. The van der Waals surface area contributed by atoms with E-state index in [2.05, 4.69) is 6.58 Å². The van der Waals surface area contributed by atoms with Crippen molar-refractivity contribution in [2.24, 2.45) is 0 Å². The third-order valence-electron chi connectivity index (χ3n) is 2.38. The number of carbonyl (C=O) groups is 1. The second kappa shape index (κ2) is 4.58. The van der Waals surface area contributed by atoms with Crippen LogP contribution in [0.25, 0.3) is 0 Å². The second-order valence-corrected chi connectivity index (χ2v) is 3.89. The Hall–Kier alpha value is -1.48. The van der Waals surface area contributed by atoms with Crippen LogP contribution in [0.4, 0.5) is 5.69 Å². The summed E-state index contributed by atoms with van der Waals surface area (Å²) in [5, 5.41) is 0. The molecule has 0 aromatic heterocycles. The number of hydrogen-bond acceptors (Lipinski definition) is 2. The molecular formula is C12H12ClNO2. The molecule has 4 heteroatoms. The first-order valence-corrected chi connectivity index (χ1v) is 5.50. The van der Waals surface area contributed by atoms with E-state index in [4.69, 9.17) is 16.3 Å². The predicted molar refractivity (Wildman–Crippen MR) is 64.2 cm³/mol. The van der Waals surface area contributed by atoms with E-state index in [1.165, 1.54) is 0 Å². The van der Waals surface area contributed by atoms with Crippen molar-refractivity contribution >= 4 is 23.2 Å². The number of alkyl halides is 1. The number of fused-ring (bicyclic) bond motifs is 1. The van der Waals surface area contributed by atoms with Gasteiger partial charge in [-0.2, -0.15) is 0 Å². The molecule has 1 aromatic carbocycles. The lowest BCUT2D eigenvalue weighted by atomic mass is 10.2. The largest absolute Gasteiger partial charge is 0.482 e. The minimum Gasteiger partial charge on any atom is -0.482 e. The molecule has 0 radical (unpaired) electrons. The Bertz CT molecular complexity index is 431. The Morgan fingerprint density at radius 2 is 2.25 bits per heavy atom. The fraction of sp³-hybridized carbons (Fsp3) is 0.250. The lowest BCUT2D eigenvalue weighted by molar-refractivity contribution is -0.121. The van der Waals surface area contributed by atoms with E-state index >= 15 is 0 Å². The van der Waals surface area contributed by atoms with Crippen molar-refractivity contribution in [2.45, 2.75) is 0 Å². The highest BCUT2D eigenvalue weighted by molar-refractivity contribution is 6.19. The minimum atomic E-state index is -0.0648. The Labute approximate surface area is 99.3 Å². The van der Waals surface area contributed by atoms with Crippen LogP contribution in [0.2, 0.25) is 0 Å². The lowest BCUT2D eigenvalue weighted by Gasteiger charge is -2.29. The van der Waals surface area contributed by atoms with Gasteiger partial charge in [0.25, 0.3) is 5.91 Å². The van der Waals surface area contributed by atoms with Gasteiger partial charge in [0.2, 0.25) is 0 Å². The topological polar surface area (TPSA) is 29.5 Å². The van der Waals surface area contributed by atoms with Crippen LogP contribution in [0.1, 0.15) is 0 Å². The van der Waals surface area contributed by atoms with Gasteiger partial charge in [0, 0.05) is 12.4 Å². The number of ether oxygens (including phenoxy) is 1. The third kappa shape index (κ3) is 2.04. The average molecular weight is 238 g/mol. The van der Waals surface area contributed by atoms with E-state index in [0.717, 1.165) is 17.0 Å². The number of carbonyl (C=O) groups excluding carboxylic acids is 1. The fourth-order valence-corrected chi connectivity index (χ4v) is 1.68. The highest BCUT2D eigenvalue weighted by Gasteiger charge is 2.24. The van der Waals surface area contributed by atoms with Crippen molar-refractivity contribution < 1.29 is 9.53 Å². The summed E-state index contributed by atoms with van der Waals surface area (Å²) in [5.41, 5.74) is 1.59. The van der Waals surface area contributed by atoms with Gasteiger partial charge < -0.3 is 9.64 Å². The van der Waals surface area contributed by atoms with Gasteiger partial charge in [0.15, 0.2) is 6.61 Å². The maximum Gasteiger partial charge on any atom is 0.265 e. The molecule has 0 N–H and O–H groups in total. The van der Waals surface area contributed by atoms with Crippen LogP contribution in [0, 0.1) is 0 Å². The second-order valence-electron chi connectivity index (χ2n) is 3.62. The molecule has 0 atom stereocenters. The zero-order chi connectivity index (χ0) is 11.5. The molecule has 1 aromatic rings. The molecule has 1 aliphatic rings. The van der Waals surface area contributed by atoms with Crippen LogP contribution in [-0.4, -0.2) is 24.9 Å². The molecule has 0 unspecified atom stereocenters. The van der Waals surface area contributed by atoms with Crippen molar-refractivity contribution in [3.63, 3.8) is 0 Å². The van der Waals surface area contributed by atoms with E-state index in [-0.39, 0.29) is 12.5 Å². The van der Waals surface area contributed by atoms with Gasteiger partial charge in [0.1, 0.15) is 5.75 Å². The van der Waals surface area contributed by atoms with Crippen LogP contribution < -0.4 is 9.64 Å². The summed E-state index contributed by atoms with van der Waals surface area (Å²) in [6, 6.07) is 7.45. The van der Waals surface area contributed by atoms with Crippen molar-refractivity contribution in [3.05, 3.63) is 36.4 Å². The number of hydrogen-bond donors (Lipinski definition) is 0. The highest BCUT2D eigenvalue weighted by Crippen LogP contribution is 2.31. The number of rotatable bonds is 3. The third-order valence-corrected chi connectivity index (χ3v) is 2.76. The first-order chi connectivity index (χ1) is 7.72. The van der Waals surface area contributed by atoms with Gasteiger partial charge in [-0.3, -0.25) is 4.79 Å². The number of para-hydroxylation sites is 2. The summed E-state index contributed by atoms with van der Waals surface area (Å²) in [4.78, 5) is 13.4. The van der Waals surface area contributed by atoms with Gasteiger partial charge in [-0.05, 0) is 17.7 Å². The average Bonchev–Trinajstić information content (AvgIpc) is 2.32. The predicted octanol–water partition coefficient (Wildman–Crippen LogP) is 2.21. The van der Waals surface area contributed by atoms with E-state index in [1.807, 2.05) is 24.3 Å². The monoisotopic (exact) mass is 237 g/mol. The van der Waals surface area contributed by atoms with E-state index in [9.17, 15) is 4.79 Å². The first-order valence-electron chi connectivity index (χ1n) is 4.97. The summed E-state index contributed by atoms with van der Waals surface area (Å²) in [6.07, 6.45) is 0. The molecule has 2 rings (SSSR count). The van der Waals surface area contributed by atoms with E-state index in [0.29, 0.717) is 12.4 Å². The smallest absolute Gasteiger partial charge is 0.265 e. The van der Waals surface area contributed by atoms with Gasteiger partial charge in [-0.15, -0.1) is 11.6 Å². The summed E-state index contributed by atoms with van der Waals surface area (Å²) >= 11 is 5.68. The fourth-order valence-electron chi connectivity index (χ4n) is 1.59. The van der Waals surface area contributed by atoms with Gasteiger partial charge in [-0.25, -0.2) is 0 Å². The molecule has 1 amide bonds. The number of amides is 1. The Morgan fingerprint density at radius 1 is 1.50 bits per heavy atom. The van der Waals surface area contributed by atoms with Crippen molar-refractivity contribution in [1.82, 2.24) is 0 Å². The molecule has 1 heterocycles. The molecule has 0 bridgehead atoms. The molecule has 16 heavy (non-hydrogen) atoms.